The summed E-state index contributed by atoms with van der Waals surface area (Å²) in [5.74, 6) is 1.86. The van der Waals surface area contributed by atoms with E-state index in [1.807, 2.05) is 31.8 Å². The standard InChI is InChI=1S/C12H18FNS/c1-4-15-8-12(14-3)10-7-9(2)5-6-11(10)13/h5-7,12,14H,4,8H2,1-3H3. The number of nitrogens with one attached hydrogen (secondary N) is 1. The fourth-order valence-electron chi connectivity index (χ4n) is 1.49. The van der Waals surface area contributed by atoms with Gasteiger partial charge < -0.3 is 5.32 Å². The van der Waals surface area contributed by atoms with Gasteiger partial charge in [0.2, 0.25) is 0 Å². The molecular weight excluding hydrogens is 209 g/mol. The van der Waals surface area contributed by atoms with Crippen molar-refractivity contribution in [3.8, 4) is 0 Å². The molecule has 0 bridgehead atoms. The Kier molecular flexibility index (Phi) is 5.12. The van der Waals surface area contributed by atoms with Gasteiger partial charge >= 0.3 is 0 Å². The van der Waals surface area contributed by atoms with Crippen LogP contribution in [0.5, 0.6) is 0 Å². The van der Waals surface area contributed by atoms with E-state index in [1.54, 1.807) is 12.1 Å². The van der Waals surface area contributed by atoms with Gasteiger partial charge in [-0.1, -0.05) is 24.6 Å². The van der Waals surface area contributed by atoms with Crippen molar-refractivity contribution in [1.82, 2.24) is 5.32 Å². The van der Waals surface area contributed by atoms with Crippen LogP contribution >= 0.6 is 11.8 Å². The molecule has 0 aliphatic carbocycles. The molecule has 0 saturated carbocycles. The average Bonchev–Trinajstić information content (AvgIpc) is 2.24. The first-order valence-corrected chi connectivity index (χ1v) is 6.35. The van der Waals surface area contributed by atoms with Crippen LogP contribution in [-0.4, -0.2) is 18.6 Å². The highest BCUT2D eigenvalue weighted by atomic mass is 32.2. The smallest absolute Gasteiger partial charge is 0.128 e. The van der Waals surface area contributed by atoms with E-state index in [2.05, 4.69) is 12.2 Å². The lowest BCUT2D eigenvalue weighted by molar-refractivity contribution is 0.565. The number of rotatable bonds is 5. The van der Waals surface area contributed by atoms with Gasteiger partial charge in [0.25, 0.3) is 0 Å². The fourth-order valence-corrected chi connectivity index (χ4v) is 2.31. The molecule has 0 saturated heterocycles. The van der Waals surface area contributed by atoms with Crippen molar-refractivity contribution in [3.63, 3.8) is 0 Å². The van der Waals surface area contributed by atoms with Gasteiger partial charge in [-0.3, -0.25) is 0 Å². The number of thioether (sulfide) groups is 1. The second kappa shape index (κ2) is 6.13. The maximum atomic E-state index is 13.6. The first-order valence-electron chi connectivity index (χ1n) is 5.20. The summed E-state index contributed by atoms with van der Waals surface area (Å²) in [6.07, 6.45) is 0. The van der Waals surface area contributed by atoms with Crippen LogP contribution in [-0.2, 0) is 0 Å². The molecule has 1 unspecified atom stereocenters. The zero-order valence-electron chi connectivity index (χ0n) is 9.51. The molecule has 0 aromatic heterocycles. The fraction of sp³-hybridized carbons (Fsp3) is 0.500. The van der Waals surface area contributed by atoms with Gasteiger partial charge in [-0.15, -0.1) is 0 Å². The first-order chi connectivity index (χ1) is 7.19. The Balaban J connectivity index is 2.85. The van der Waals surface area contributed by atoms with E-state index in [-0.39, 0.29) is 11.9 Å². The van der Waals surface area contributed by atoms with Crippen molar-refractivity contribution >= 4 is 11.8 Å². The molecule has 1 nitrogen and oxygen atoms in total. The summed E-state index contributed by atoms with van der Waals surface area (Å²) in [5, 5.41) is 3.16. The Morgan fingerprint density at radius 3 is 2.80 bits per heavy atom. The lowest BCUT2D eigenvalue weighted by Gasteiger charge is -2.17. The first kappa shape index (κ1) is 12.5. The van der Waals surface area contributed by atoms with Gasteiger partial charge in [-0.2, -0.15) is 11.8 Å². The summed E-state index contributed by atoms with van der Waals surface area (Å²) in [6.45, 7) is 4.10. The quantitative estimate of drug-likeness (QED) is 0.829. The van der Waals surface area contributed by atoms with E-state index in [1.165, 1.54) is 0 Å². The summed E-state index contributed by atoms with van der Waals surface area (Å²) < 4.78 is 13.6. The number of aryl methyl sites for hydroxylation is 1. The Morgan fingerprint density at radius 2 is 2.20 bits per heavy atom. The van der Waals surface area contributed by atoms with Gasteiger partial charge in [0.15, 0.2) is 0 Å². The Morgan fingerprint density at radius 1 is 1.47 bits per heavy atom. The van der Waals surface area contributed by atoms with Gasteiger partial charge in [0.05, 0.1) is 0 Å². The third kappa shape index (κ3) is 3.50. The van der Waals surface area contributed by atoms with Gasteiger partial charge in [0.1, 0.15) is 5.82 Å². The van der Waals surface area contributed by atoms with Crippen LogP contribution in [0.3, 0.4) is 0 Å². The molecule has 15 heavy (non-hydrogen) atoms. The SMILES string of the molecule is CCSCC(NC)c1cc(C)ccc1F. The van der Waals surface area contributed by atoms with E-state index in [0.717, 1.165) is 22.6 Å². The molecule has 0 aliphatic heterocycles. The van der Waals surface area contributed by atoms with Crippen LogP contribution in [0.2, 0.25) is 0 Å². The Hall–Kier alpha value is -0.540. The summed E-state index contributed by atoms with van der Waals surface area (Å²) in [5.41, 5.74) is 1.88. The highest BCUT2D eigenvalue weighted by Gasteiger charge is 2.13. The predicted octanol–water partition coefficient (Wildman–Crippen LogP) is 3.15. The molecule has 0 spiro atoms. The third-order valence-corrected chi connectivity index (χ3v) is 3.34. The predicted molar refractivity (Wildman–Crippen MR) is 65.9 cm³/mol. The summed E-state index contributed by atoms with van der Waals surface area (Å²) >= 11 is 1.82. The molecule has 0 heterocycles. The zero-order valence-corrected chi connectivity index (χ0v) is 10.3. The molecule has 0 radical (unpaired) electrons. The highest BCUT2D eigenvalue weighted by Crippen LogP contribution is 2.21. The van der Waals surface area contributed by atoms with Crippen LogP contribution < -0.4 is 5.32 Å². The molecule has 3 heteroatoms. The minimum atomic E-state index is -0.114. The van der Waals surface area contributed by atoms with Crippen LogP contribution in [0.25, 0.3) is 0 Å². The maximum absolute atomic E-state index is 13.6. The molecule has 1 atom stereocenters. The minimum absolute atomic E-state index is 0.106. The van der Waals surface area contributed by atoms with E-state index in [0.29, 0.717) is 0 Å². The second-order valence-corrected chi connectivity index (χ2v) is 4.84. The van der Waals surface area contributed by atoms with Crippen LogP contribution in [0.4, 0.5) is 4.39 Å². The van der Waals surface area contributed by atoms with Crippen LogP contribution in [0.1, 0.15) is 24.1 Å². The van der Waals surface area contributed by atoms with E-state index >= 15 is 0 Å². The molecule has 1 rings (SSSR count). The van der Waals surface area contributed by atoms with Crippen molar-refractivity contribution in [3.05, 3.63) is 35.1 Å². The lowest BCUT2D eigenvalue weighted by atomic mass is 10.1. The zero-order chi connectivity index (χ0) is 11.3. The molecule has 1 aromatic rings. The Labute approximate surface area is 95.5 Å². The van der Waals surface area contributed by atoms with E-state index < -0.39 is 0 Å². The molecule has 1 aromatic carbocycles. The summed E-state index contributed by atoms with van der Waals surface area (Å²) in [7, 11) is 1.88. The monoisotopic (exact) mass is 227 g/mol. The van der Waals surface area contributed by atoms with Crippen LogP contribution in [0.15, 0.2) is 18.2 Å². The average molecular weight is 227 g/mol. The lowest BCUT2D eigenvalue weighted by Crippen LogP contribution is -2.20. The van der Waals surface area contributed by atoms with Crippen molar-refractivity contribution in [2.24, 2.45) is 0 Å². The van der Waals surface area contributed by atoms with Crippen molar-refractivity contribution in [1.29, 1.82) is 0 Å². The van der Waals surface area contributed by atoms with E-state index in [9.17, 15) is 4.39 Å². The normalized spacial score (nSPS) is 12.8. The largest absolute Gasteiger partial charge is 0.312 e. The summed E-state index contributed by atoms with van der Waals surface area (Å²) in [6, 6.07) is 5.38. The van der Waals surface area contributed by atoms with Gasteiger partial charge in [-0.05, 0) is 25.8 Å². The van der Waals surface area contributed by atoms with Crippen molar-refractivity contribution in [2.75, 3.05) is 18.6 Å². The Bertz CT molecular complexity index is 314. The number of benzene rings is 1. The van der Waals surface area contributed by atoms with Crippen molar-refractivity contribution < 1.29 is 4.39 Å². The molecule has 0 fully saturated rings. The minimum Gasteiger partial charge on any atom is -0.312 e. The van der Waals surface area contributed by atoms with Gasteiger partial charge in [-0.25, -0.2) is 4.39 Å². The molecule has 0 amide bonds. The van der Waals surface area contributed by atoms with Gasteiger partial charge in [0, 0.05) is 17.4 Å². The maximum Gasteiger partial charge on any atom is 0.128 e. The molecular formula is C12H18FNS. The topological polar surface area (TPSA) is 12.0 Å². The second-order valence-electron chi connectivity index (χ2n) is 3.53. The van der Waals surface area contributed by atoms with Crippen molar-refractivity contribution in [2.45, 2.75) is 19.9 Å². The number of hydrogen-bond acceptors (Lipinski definition) is 2. The summed E-state index contributed by atoms with van der Waals surface area (Å²) in [4.78, 5) is 0. The molecule has 0 aliphatic rings. The number of halogens is 1. The third-order valence-electron chi connectivity index (χ3n) is 2.36. The molecule has 1 N–H and O–H groups in total. The van der Waals surface area contributed by atoms with E-state index in [4.69, 9.17) is 0 Å². The number of hydrogen-bond donors (Lipinski definition) is 1. The molecule has 84 valence electrons. The van der Waals surface area contributed by atoms with Crippen LogP contribution in [0, 0.1) is 12.7 Å². The highest BCUT2D eigenvalue weighted by molar-refractivity contribution is 7.99.